The van der Waals surface area contributed by atoms with Crippen LogP contribution in [0.2, 0.25) is 0 Å². The van der Waals surface area contributed by atoms with Gasteiger partial charge in [-0.05, 0) is 75.0 Å². The topological polar surface area (TPSA) is 112 Å². The minimum atomic E-state index is -0.807. The minimum Gasteiger partial charge on any atom is -0.496 e. The van der Waals surface area contributed by atoms with Crippen LogP contribution < -0.4 is 19.6 Å². The predicted molar refractivity (Wildman–Crippen MR) is 165 cm³/mol. The highest BCUT2D eigenvalue weighted by molar-refractivity contribution is 9.10. The summed E-state index contributed by atoms with van der Waals surface area (Å²) in [7, 11) is 1.55. The van der Waals surface area contributed by atoms with Crippen LogP contribution >= 0.6 is 39.0 Å². The number of carbonyl (C=O) groups excluding carboxylic acids is 1. The number of methoxy groups -OCH3 is 1. The number of allylic oxidation sites excluding steroid dienone is 1. The average Bonchev–Trinajstić information content (AvgIpc) is 3.64. The van der Waals surface area contributed by atoms with Gasteiger partial charge in [0.2, 0.25) is 0 Å². The SMILES string of the molecule is COc1ccc(Br)cc1[C@H]1C(C(=O)OC(C)C)=C(C)N=c2s/c(=C\c3ccc(Sc4nc5ccccc5[nH]4)o3)c(=O)n21. The van der Waals surface area contributed by atoms with Crippen LogP contribution in [0.15, 0.2) is 94.8 Å². The molecule has 42 heavy (non-hydrogen) atoms. The Morgan fingerprint density at radius 2 is 2.02 bits per heavy atom. The maximum Gasteiger partial charge on any atom is 0.338 e. The van der Waals surface area contributed by atoms with Gasteiger partial charge in [0.25, 0.3) is 5.56 Å². The van der Waals surface area contributed by atoms with Gasteiger partial charge in [0.15, 0.2) is 15.1 Å². The van der Waals surface area contributed by atoms with Crippen LogP contribution in [0.4, 0.5) is 0 Å². The number of benzene rings is 2. The summed E-state index contributed by atoms with van der Waals surface area (Å²) in [6, 6.07) is 16.1. The summed E-state index contributed by atoms with van der Waals surface area (Å²) < 4.78 is 20.0. The highest BCUT2D eigenvalue weighted by Gasteiger charge is 2.35. The van der Waals surface area contributed by atoms with Gasteiger partial charge in [-0.15, -0.1) is 0 Å². The van der Waals surface area contributed by atoms with Crippen molar-refractivity contribution in [2.24, 2.45) is 4.99 Å². The van der Waals surface area contributed by atoms with E-state index in [1.54, 1.807) is 46.1 Å². The van der Waals surface area contributed by atoms with Gasteiger partial charge < -0.3 is 18.9 Å². The van der Waals surface area contributed by atoms with Gasteiger partial charge in [-0.2, -0.15) is 0 Å². The molecule has 0 amide bonds. The highest BCUT2D eigenvalue weighted by Crippen LogP contribution is 2.37. The normalized spacial score (nSPS) is 15.3. The molecule has 0 fully saturated rings. The zero-order chi connectivity index (χ0) is 29.5. The standard InChI is InChI=1S/C30H25BrN4O5S2/c1-15(2)39-28(37)25-16(3)32-30-35(26(25)19-13-17(31)9-11-22(19)38-4)27(36)23(41-30)14-18-10-12-24(40-18)42-29-33-20-7-5-6-8-21(20)34-29/h5-15,26H,1-4H3,(H,33,34)/b23-14-/t26-/m0/s1. The Morgan fingerprint density at radius 3 is 2.79 bits per heavy atom. The number of rotatable bonds is 7. The fraction of sp³-hybridized carbons (Fsp3) is 0.200. The van der Waals surface area contributed by atoms with Gasteiger partial charge in [-0.1, -0.05) is 39.4 Å². The Bertz CT molecular complexity index is 2020. The van der Waals surface area contributed by atoms with E-state index in [0.29, 0.717) is 42.4 Å². The Balaban J connectivity index is 1.43. The fourth-order valence-corrected chi connectivity index (χ4v) is 6.92. The van der Waals surface area contributed by atoms with Crippen LogP contribution in [-0.2, 0) is 9.53 Å². The van der Waals surface area contributed by atoms with Crippen molar-refractivity contribution in [3.63, 3.8) is 0 Å². The van der Waals surface area contributed by atoms with Gasteiger partial charge in [0.05, 0.1) is 40.0 Å². The molecule has 1 aliphatic rings. The molecule has 0 bridgehead atoms. The second kappa shape index (κ2) is 11.4. The fourth-order valence-electron chi connectivity index (χ4n) is 4.74. The lowest BCUT2D eigenvalue weighted by Crippen LogP contribution is -2.40. The average molecular weight is 666 g/mol. The number of esters is 1. The van der Waals surface area contributed by atoms with Crippen LogP contribution in [0.3, 0.4) is 0 Å². The number of nitrogens with one attached hydrogen (secondary N) is 1. The number of furan rings is 1. The first-order valence-corrected chi connectivity index (χ1v) is 15.4. The summed E-state index contributed by atoms with van der Waals surface area (Å²) in [6.07, 6.45) is 1.34. The van der Waals surface area contributed by atoms with Crippen LogP contribution in [0.25, 0.3) is 17.1 Å². The smallest absolute Gasteiger partial charge is 0.338 e. The number of imidazole rings is 1. The number of thiazole rings is 1. The molecule has 4 heterocycles. The Kier molecular flexibility index (Phi) is 7.69. The lowest BCUT2D eigenvalue weighted by molar-refractivity contribution is -0.143. The summed E-state index contributed by atoms with van der Waals surface area (Å²) in [5, 5.41) is 1.33. The zero-order valence-corrected chi connectivity index (χ0v) is 26.2. The number of fused-ring (bicyclic) bond motifs is 2. The third-order valence-corrected chi connectivity index (χ3v) is 8.79. The van der Waals surface area contributed by atoms with Crippen molar-refractivity contribution in [1.82, 2.24) is 14.5 Å². The summed E-state index contributed by atoms with van der Waals surface area (Å²) >= 11 is 6.11. The molecule has 0 unspecified atom stereocenters. The largest absolute Gasteiger partial charge is 0.496 e. The molecule has 0 saturated heterocycles. The van der Waals surface area contributed by atoms with Crippen molar-refractivity contribution in [2.75, 3.05) is 7.11 Å². The molecule has 0 radical (unpaired) electrons. The third kappa shape index (κ3) is 5.37. The zero-order valence-electron chi connectivity index (χ0n) is 23.0. The van der Waals surface area contributed by atoms with E-state index in [4.69, 9.17) is 13.9 Å². The molecule has 214 valence electrons. The van der Waals surface area contributed by atoms with E-state index in [2.05, 4.69) is 30.9 Å². The van der Waals surface area contributed by atoms with E-state index in [1.807, 2.05) is 42.5 Å². The second-order valence-corrected chi connectivity index (χ2v) is 12.7. The molecule has 9 nitrogen and oxygen atoms in total. The Morgan fingerprint density at radius 1 is 1.21 bits per heavy atom. The van der Waals surface area contributed by atoms with Crippen molar-refractivity contribution in [1.29, 1.82) is 0 Å². The number of aromatic nitrogens is 3. The van der Waals surface area contributed by atoms with Crippen molar-refractivity contribution >= 4 is 62.1 Å². The lowest BCUT2D eigenvalue weighted by atomic mass is 9.95. The molecule has 1 aliphatic heterocycles. The number of hydrogen-bond acceptors (Lipinski definition) is 9. The molecule has 2 aromatic carbocycles. The quantitative estimate of drug-likeness (QED) is 0.226. The van der Waals surface area contributed by atoms with Gasteiger partial charge in [0.1, 0.15) is 17.6 Å². The molecule has 1 atom stereocenters. The number of carbonyl (C=O) groups is 1. The number of aromatic amines is 1. The van der Waals surface area contributed by atoms with Gasteiger partial charge in [-0.25, -0.2) is 14.8 Å². The number of hydrogen-bond donors (Lipinski definition) is 1. The number of H-pyrrole nitrogens is 1. The van der Waals surface area contributed by atoms with Crippen LogP contribution in [0, 0.1) is 0 Å². The molecular formula is C30H25BrN4O5S2. The van der Waals surface area contributed by atoms with Gasteiger partial charge in [-0.3, -0.25) is 9.36 Å². The van der Waals surface area contributed by atoms with E-state index < -0.39 is 12.0 Å². The number of ether oxygens (including phenoxy) is 2. The van der Waals surface area contributed by atoms with Gasteiger partial charge >= 0.3 is 5.97 Å². The maximum absolute atomic E-state index is 14.0. The monoisotopic (exact) mass is 664 g/mol. The van der Waals surface area contributed by atoms with Crippen LogP contribution in [0.5, 0.6) is 5.75 Å². The highest BCUT2D eigenvalue weighted by atomic mass is 79.9. The molecule has 6 rings (SSSR count). The van der Waals surface area contributed by atoms with Crippen LogP contribution in [-0.4, -0.2) is 33.7 Å². The first-order chi connectivity index (χ1) is 20.2. The maximum atomic E-state index is 14.0. The summed E-state index contributed by atoms with van der Waals surface area (Å²) in [4.78, 5) is 40.3. The lowest BCUT2D eigenvalue weighted by Gasteiger charge is -2.26. The molecule has 5 aromatic rings. The van der Waals surface area contributed by atoms with E-state index in [0.717, 1.165) is 15.5 Å². The molecule has 0 saturated carbocycles. The van der Waals surface area contributed by atoms with Gasteiger partial charge in [0, 0.05) is 16.1 Å². The van der Waals surface area contributed by atoms with Crippen LogP contribution in [0.1, 0.15) is 38.1 Å². The third-order valence-electron chi connectivity index (χ3n) is 6.51. The van der Waals surface area contributed by atoms with Crippen molar-refractivity contribution < 1.29 is 18.7 Å². The van der Waals surface area contributed by atoms with Crippen molar-refractivity contribution in [2.45, 2.75) is 43.2 Å². The molecule has 12 heteroatoms. The first-order valence-electron chi connectivity index (χ1n) is 13.0. The molecule has 1 N–H and O–H groups in total. The Hall–Kier alpha value is -3.87. The number of halogens is 1. The molecule has 0 aliphatic carbocycles. The summed E-state index contributed by atoms with van der Waals surface area (Å²) in [5.74, 6) is 0.497. The summed E-state index contributed by atoms with van der Waals surface area (Å²) in [6.45, 7) is 5.31. The van der Waals surface area contributed by atoms with E-state index in [1.165, 1.54) is 27.7 Å². The first kappa shape index (κ1) is 28.3. The second-order valence-electron chi connectivity index (χ2n) is 9.74. The summed E-state index contributed by atoms with van der Waals surface area (Å²) in [5.41, 5.74) is 2.89. The molecule has 3 aromatic heterocycles. The molecular weight excluding hydrogens is 640 g/mol. The van der Waals surface area contributed by atoms with E-state index in [-0.39, 0.29) is 17.2 Å². The van der Waals surface area contributed by atoms with E-state index >= 15 is 0 Å². The number of nitrogens with zero attached hydrogens (tertiary/aromatic N) is 3. The van der Waals surface area contributed by atoms with Crippen molar-refractivity contribution in [3.05, 3.63) is 101 Å². The minimum absolute atomic E-state index is 0.279. The van der Waals surface area contributed by atoms with Crippen molar-refractivity contribution in [3.8, 4) is 5.75 Å². The van der Waals surface area contributed by atoms with E-state index in [9.17, 15) is 9.59 Å². The predicted octanol–water partition coefficient (Wildman–Crippen LogP) is 5.58. The number of para-hydroxylation sites is 2. The molecule has 0 spiro atoms. The Labute approximate surface area is 256 Å².